The van der Waals surface area contributed by atoms with Gasteiger partial charge in [-0.3, -0.25) is 4.79 Å². The van der Waals surface area contributed by atoms with Gasteiger partial charge in [0.15, 0.2) is 0 Å². The molecule has 4 nitrogen and oxygen atoms in total. The monoisotopic (exact) mass is 198 g/mol. The van der Waals surface area contributed by atoms with Crippen LogP contribution in [0.15, 0.2) is 0 Å². The quantitative estimate of drug-likeness (QED) is 0.670. The summed E-state index contributed by atoms with van der Waals surface area (Å²) in [6, 6.07) is 0. The van der Waals surface area contributed by atoms with Crippen molar-refractivity contribution in [2.75, 3.05) is 33.3 Å². The fraction of sp³-hybridized carbons (Fsp3) is 0.900. The van der Waals surface area contributed by atoms with Gasteiger partial charge in [0.2, 0.25) is 5.91 Å². The van der Waals surface area contributed by atoms with Crippen LogP contribution in [0.25, 0.3) is 0 Å². The number of rotatable bonds is 2. The maximum atomic E-state index is 11.9. The summed E-state index contributed by atoms with van der Waals surface area (Å²) in [6.45, 7) is 3.48. The number of carbonyl (C=O) groups excluding carboxylic acids is 1. The van der Waals surface area contributed by atoms with Crippen LogP contribution < -0.4 is 5.32 Å². The van der Waals surface area contributed by atoms with Gasteiger partial charge in [-0.2, -0.15) is 0 Å². The second kappa shape index (κ2) is 4.28. The lowest BCUT2D eigenvalue weighted by atomic mass is 9.96. The Morgan fingerprint density at radius 1 is 1.50 bits per heavy atom. The van der Waals surface area contributed by atoms with Crippen molar-refractivity contribution >= 4 is 5.91 Å². The average molecular weight is 198 g/mol. The molecule has 2 fully saturated rings. The molecule has 2 heterocycles. The molecule has 80 valence electrons. The van der Waals surface area contributed by atoms with E-state index < -0.39 is 0 Å². The molecule has 2 saturated heterocycles. The predicted molar refractivity (Wildman–Crippen MR) is 53.0 cm³/mol. The number of likely N-dealkylation sites (tertiary alicyclic amines) is 1. The lowest BCUT2D eigenvalue weighted by molar-refractivity contribution is -0.147. The highest BCUT2D eigenvalue weighted by molar-refractivity contribution is 5.80. The number of ether oxygens (including phenoxy) is 1. The molecule has 0 unspecified atom stereocenters. The smallest absolute Gasteiger partial charge is 0.227 e. The minimum Gasteiger partial charge on any atom is -0.378 e. The maximum Gasteiger partial charge on any atom is 0.227 e. The second-order valence-corrected chi connectivity index (χ2v) is 4.14. The fourth-order valence-corrected chi connectivity index (χ4v) is 2.09. The van der Waals surface area contributed by atoms with E-state index in [1.807, 2.05) is 4.90 Å². The first kappa shape index (κ1) is 9.93. The Morgan fingerprint density at radius 3 is 2.86 bits per heavy atom. The van der Waals surface area contributed by atoms with Crippen molar-refractivity contribution in [1.29, 1.82) is 0 Å². The van der Waals surface area contributed by atoms with Gasteiger partial charge < -0.3 is 15.0 Å². The molecule has 4 heteroatoms. The van der Waals surface area contributed by atoms with Crippen molar-refractivity contribution < 1.29 is 9.53 Å². The van der Waals surface area contributed by atoms with Gasteiger partial charge in [-0.05, 0) is 19.4 Å². The molecular weight excluding hydrogens is 180 g/mol. The van der Waals surface area contributed by atoms with Gasteiger partial charge in [-0.15, -0.1) is 0 Å². The largest absolute Gasteiger partial charge is 0.378 e. The Kier molecular flexibility index (Phi) is 3.03. The predicted octanol–water partition coefficient (Wildman–Crippen LogP) is -0.157. The summed E-state index contributed by atoms with van der Waals surface area (Å²) < 4.78 is 5.14. The van der Waals surface area contributed by atoms with Crippen LogP contribution in [-0.4, -0.2) is 50.2 Å². The molecule has 0 aliphatic carbocycles. The molecule has 0 radical (unpaired) electrons. The molecule has 1 atom stereocenters. The molecule has 0 aromatic carbocycles. The number of nitrogens with one attached hydrogen (secondary N) is 1. The highest BCUT2D eigenvalue weighted by Gasteiger charge is 2.34. The summed E-state index contributed by atoms with van der Waals surface area (Å²) in [5, 5.41) is 3.27. The molecule has 0 spiro atoms. The first-order valence-electron chi connectivity index (χ1n) is 5.33. The highest BCUT2D eigenvalue weighted by Crippen LogP contribution is 2.18. The van der Waals surface area contributed by atoms with Crippen molar-refractivity contribution in [1.82, 2.24) is 10.2 Å². The SMILES string of the molecule is COC1CN(C(=O)[C@H]2CCCNC2)C1. The Labute approximate surface area is 84.6 Å². The average Bonchev–Trinajstić information content (AvgIpc) is 2.17. The number of hydrogen-bond donors (Lipinski definition) is 1. The van der Waals surface area contributed by atoms with Gasteiger partial charge in [-0.1, -0.05) is 0 Å². The minimum atomic E-state index is 0.210. The number of nitrogens with zero attached hydrogens (tertiary/aromatic N) is 1. The number of methoxy groups -OCH3 is 1. The third-order valence-corrected chi connectivity index (χ3v) is 3.14. The van der Waals surface area contributed by atoms with Gasteiger partial charge in [0, 0.05) is 26.7 Å². The summed E-state index contributed by atoms with van der Waals surface area (Å²) in [4.78, 5) is 13.8. The van der Waals surface area contributed by atoms with E-state index in [9.17, 15) is 4.79 Å². The molecule has 14 heavy (non-hydrogen) atoms. The third-order valence-electron chi connectivity index (χ3n) is 3.14. The van der Waals surface area contributed by atoms with Crippen molar-refractivity contribution in [2.24, 2.45) is 5.92 Å². The summed E-state index contributed by atoms with van der Waals surface area (Å²) in [5.74, 6) is 0.520. The van der Waals surface area contributed by atoms with Crippen LogP contribution in [0.1, 0.15) is 12.8 Å². The van der Waals surface area contributed by atoms with E-state index in [-0.39, 0.29) is 12.0 Å². The Hall–Kier alpha value is -0.610. The van der Waals surface area contributed by atoms with E-state index >= 15 is 0 Å². The van der Waals surface area contributed by atoms with E-state index in [2.05, 4.69) is 5.32 Å². The van der Waals surface area contributed by atoms with Gasteiger partial charge in [0.25, 0.3) is 0 Å². The molecule has 2 rings (SSSR count). The summed E-state index contributed by atoms with van der Waals surface area (Å²) in [5.41, 5.74) is 0. The summed E-state index contributed by atoms with van der Waals surface area (Å²) >= 11 is 0. The van der Waals surface area contributed by atoms with E-state index in [1.54, 1.807) is 7.11 Å². The first-order chi connectivity index (χ1) is 6.81. The molecular formula is C10H18N2O2. The lowest BCUT2D eigenvalue weighted by Crippen LogP contribution is -2.57. The number of hydrogen-bond acceptors (Lipinski definition) is 3. The van der Waals surface area contributed by atoms with E-state index in [0.717, 1.165) is 39.0 Å². The van der Waals surface area contributed by atoms with Crippen LogP contribution >= 0.6 is 0 Å². The van der Waals surface area contributed by atoms with Crippen molar-refractivity contribution in [2.45, 2.75) is 18.9 Å². The number of amides is 1. The summed E-state index contributed by atoms with van der Waals surface area (Å²) in [6.07, 6.45) is 2.44. The molecule has 2 aliphatic rings. The third kappa shape index (κ3) is 1.91. The normalized spacial score (nSPS) is 28.6. The second-order valence-electron chi connectivity index (χ2n) is 4.14. The summed E-state index contributed by atoms with van der Waals surface area (Å²) in [7, 11) is 1.70. The molecule has 0 saturated carbocycles. The molecule has 1 N–H and O–H groups in total. The van der Waals surface area contributed by atoms with E-state index in [4.69, 9.17) is 4.74 Å². The van der Waals surface area contributed by atoms with Gasteiger partial charge in [0.05, 0.1) is 12.0 Å². The minimum absolute atomic E-state index is 0.210. The van der Waals surface area contributed by atoms with Crippen molar-refractivity contribution in [3.63, 3.8) is 0 Å². The highest BCUT2D eigenvalue weighted by atomic mass is 16.5. The van der Waals surface area contributed by atoms with Crippen LogP contribution in [0, 0.1) is 5.92 Å². The van der Waals surface area contributed by atoms with Crippen LogP contribution in [-0.2, 0) is 9.53 Å². The Balaban J connectivity index is 1.78. The number of piperidine rings is 1. The van der Waals surface area contributed by atoms with Gasteiger partial charge in [-0.25, -0.2) is 0 Å². The van der Waals surface area contributed by atoms with Gasteiger partial charge in [0.1, 0.15) is 0 Å². The lowest BCUT2D eigenvalue weighted by Gasteiger charge is -2.40. The molecule has 2 aliphatic heterocycles. The standard InChI is InChI=1S/C10H18N2O2/c1-14-9-6-12(7-9)10(13)8-3-2-4-11-5-8/h8-9,11H,2-7H2,1H3/t8-/m0/s1. The van der Waals surface area contributed by atoms with Crippen molar-refractivity contribution in [3.05, 3.63) is 0 Å². The zero-order valence-electron chi connectivity index (χ0n) is 8.66. The van der Waals surface area contributed by atoms with Crippen LogP contribution in [0.2, 0.25) is 0 Å². The molecule has 0 aromatic heterocycles. The van der Waals surface area contributed by atoms with Crippen LogP contribution in [0.4, 0.5) is 0 Å². The number of carbonyl (C=O) groups is 1. The maximum absolute atomic E-state index is 11.9. The van der Waals surface area contributed by atoms with Crippen molar-refractivity contribution in [3.8, 4) is 0 Å². The zero-order chi connectivity index (χ0) is 9.97. The molecule has 0 bridgehead atoms. The fourth-order valence-electron chi connectivity index (χ4n) is 2.09. The van der Waals surface area contributed by atoms with Crippen LogP contribution in [0.3, 0.4) is 0 Å². The zero-order valence-corrected chi connectivity index (χ0v) is 8.66. The van der Waals surface area contributed by atoms with E-state index in [0.29, 0.717) is 5.91 Å². The first-order valence-corrected chi connectivity index (χ1v) is 5.33. The Bertz CT molecular complexity index is 208. The topological polar surface area (TPSA) is 41.6 Å². The van der Waals surface area contributed by atoms with Crippen LogP contribution in [0.5, 0.6) is 0 Å². The molecule has 0 aromatic rings. The van der Waals surface area contributed by atoms with Gasteiger partial charge >= 0.3 is 0 Å². The Morgan fingerprint density at radius 2 is 2.29 bits per heavy atom. The van der Waals surface area contributed by atoms with E-state index in [1.165, 1.54) is 0 Å². The molecule has 1 amide bonds.